The van der Waals surface area contributed by atoms with Gasteiger partial charge in [-0.1, -0.05) is 0 Å². The summed E-state index contributed by atoms with van der Waals surface area (Å²) < 4.78 is 18.6. The number of hydrogen-bond acceptors (Lipinski definition) is 6. The lowest BCUT2D eigenvalue weighted by Gasteiger charge is -2.34. The first-order valence-electron chi connectivity index (χ1n) is 8.57. The molecule has 1 fully saturated rings. The van der Waals surface area contributed by atoms with Crippen LogP contribution in [-0.4, -0.2) is 31.1 Å². The van der Waals surface area contributed by atoms with Crippen LogP contribution in [0.25, 0.3) is 11.1 Å². The van der Waals surface area contributed by atoms with Crippen molar-refractivity contribution in [3.05, 3.63) is 42.0 Å². The van der Waals surface area contributed by atoms with Crippen LogP contribution in [0.4, 0.5) is 10.1 Å². The molecule has 2 aromatic rings. The van der Waals surface area contributed by atoms with Crippen LogP contribution in [0, 0.1) is 23.2 Å². The lowest BCUT2D eigenvalue weighted by atomic mass is 9.93. The summed E-state index contributed by atoms with van der Waals surface area (Å²) in [7, 11) is 1.51. The average Bonchev–Trinajstić information content (AvgIpc) is 2.72. The molecule has 0 radical (unpaired) electrons. The van der Waals surface area contributed by atoms with E-state index in [0.29, 0.717) is 48.5 Å². The number of piperidine rings is 1. The number of nitrogens with one attached hydrogen (secondary N) is 1. The molecule has 27 heavy (non-hydrogen) atoms. The van der Waals surface area contributed by atoms with Crippen LogP contribution in [0.5, 0.6) is 5.75 Å². The van der Waals surface area contributed by atoms with Gasteiger partial charge in [0.05, 0.1) is 12.8 Å². The molecule has 8 heteroatoms. The van der Waals surface area contributed by atoms with Gasteiger partial charge in [-0.15, -0.1) is 0 Å². The second kappa shape index (κ2) is 8.01. The molecular formula is C19H20FN5O2. The third-order valence-corrected chi connectivity index (χ3v) is 4.83. The molecule has 7 nitrogen and oxygen atoms in total. The van der Waals surface area contributed by atoms with Gasteiger partial charge >= 0.3 is 0 Å². The Bertz CT molecular complexity index is 871. The van der Waals surface area contributed by atoms with Crippen molar-refractivity contribution in [2.24, 2.45) is 11.8 Å². The van der Waals surface area contributed by atoms with Gasteiger partial charge in [-0.3, -0.25) is 10.2 Å². The Morgan fingerprint density at radius 3 is 2.67 bits per heavy atom. The lowest BCUT2D eigenvalue weighted by Crippen LogP contribution is -2.43. The van der Waals surface area contributed by atoms with E-state index >= 15 is 0 Å². The number of benzene rings is 1. The van der Waals surface area contributed by atoms with Crippen LogP contribution in [0.2, 0.25) is 0 Å². The molecule has 1 aliphatic rings. The molecule has 0 unspecified atom stereocenters. The number of nitriles is 1. The first kappa shape index (κ1) is 18.6. The Balaban J connectivity index is 2.03. The molecule has 0 saturated carbocycles. The summed E-state index contributed by atoms with van der Waals surface area (Å²) in [6.45, 7) is 1.17. The summed E-state index contributed by atoms with van der Waals surface area (Å²) in [4.78, 5) is 17.6. The fourth-order valence-electron chi connectivity index (χ4n) is 3.43. The quantitative estimate of drug-likeness (QED) is 0.370. The predicted octanol–water partition coefficient (Wildman–Crippen LogP) is 1.97. The van der Waals surface area contributed by atoms with Crippen molar-refractivity contribution in [3.8, 4) is 22.9 Å². The fraction of sp³-hybridized carbons (Fsp3) is 0.316. The molecule has 2 heterocycles. The number of anilines is 1. The van der Waals surface area contributed by atoms with Crippen molar-refractivity contribution in [2.75, 3.05) is 25.1 Å². The molecule has 3 rings (SSSR count). The Morgan fingerprint density at radius 1 is 1.37 bits per heavy atom. The Hall–Kier alpha value is -3.18. The molecule has 140 valence electrons. The molecule has 1 amide bonds. The zero-order valence-corrected chi connectivity index (χ0v) is 14.9. The second-order valence-corrected chi connectivity index (χ2v) is 6.29. The summed E-state index contributed by atoms with van der Waals surface area (Å²) in [5, 5.41) is 9.74. The molecule has 1 aromatic carbocycles. The van der Waals surface area contributed by atoms with E-state index in [2.05, 4.69) is 21.4 Å². The maximum atomic E-state index is 13.2. The van der Waals surface area contributed by atoms with E-state index < -0.39 is 5.95 Å². The number of aromatic nitrogens is 1. The Kier molecular flexibility index (Phi) is 5.52. The van der Waals surface area contributed by atoms with E-state index in [1.54, 1.807) is 12.1 Å². The molecule has 0 atom stereocenters. The summed E-state index contributed by atoms with van der Waals surface area (Å²) in [6, 6.07) is 8.69. The highest BCUT2D eigenvalue weighted by Gasteiger charge is 2.28. The normalized spacial score (nSPS) is 14.5. The van der Waals surface area contributed by atoms with Crippen molar-refractivity contribution in [1.82, 2.24) is 10.4 Å². The van der Waals surface area contributed by atoms with Gasteiger partial charge in [0.1, 0.15) is 17.4 Å². The van der Waals surface area contributed by atoms with Crippen molar-refractivity contribution in [1.29, 1.82) is 5.26 Å². The van der Waals surface area contributed by atoms with Crippen molar-refractivity contribution in [3.63, 3.8) is 0 Å². The number of ether oxygens (including phenoxy) is 1. The predicted molar refractivity (Wildman–Crippen MR) is 98.2 cm³/mol. The third-order valence-electron chi connectivity index (χ3n) is 4.83. The highest BCUT2D eigenvalue weighted by atomic mass is 19.1. The van der Waals surface area contributed by atoms with Gasteiger partial charge in [0.15, 0.2) is 0 Å². The van der Waals surface area contributed by atoms with Gasteiger partial charge in [0, 0.05) is 36.3 Å². The number of nitrogens with two attached hydrogens (primary N) is 1. The maximum Gasteiger partial charge on any atom is 0.237 e. The molecule has 1 aromatic heterocycles. The molecule has 3 N–H and O–H groups in total. The van der Waals surface area contributed by atoms with Crippen molar-refractivity contribution >= 4 is 11.6 Å². The number of halogens is 1. The number of methoxy groups -OCH3 is 1. The monoisotopic (exact) mass is 369 g/mol. The highest BCUT2D eigenvalue weighted by Crippen LogP contribution is 2.40. The first-order valence-corrected chi connectivity index (χ1v) is 8.57. The number of hydrazine groups is 1. The number of hydrogen-bond donors (Lipinski definition) is 2. The van der Waals surface area contributed by atoms with Gasteiger partial charge in [0.2, 0.25) is 11.9 Å². The highest BCUT2D eigenvalue weighted by molar-refractivity contribution is 5.85. The number of carbonyl (C=O) groups excluding carboxylic acids is 1. The minimum Gasteiger partial charge on any atom is -0.495 e. The van der Waals surface area contributed by atoms with E-state index in [9.17, 15) is 14.4 Å². The Morgan fingerprint density at radius 2 is 2.11 bits per heavy atom. The van der Waals surface area contributed by atoms with Gasteiger partial charge in [-0.25, -0.2) is 10.8 Å². The third kappa shape index (κ3) is 3.68. The topological polar surface area (TPSA) is 104 Å². The summed E-state index contributed by atoms with van der Waals surface area (Å²) >= 11 is 0. The zero-order valence-electron chi connectivity index (χ0n) is 14.9. The smallest absolute Gasteiger partial charge is 0.237 e. The van der Waals surface area contributed by atoms with Crippen LogP contribution in [0.3, 0.4) is 0 Å². The lowest BCUT2D eigenvalue weighted by molar-refractivity contribution is -0.125. The molecule has 0 bridgehead atoms. The Labute approximate surface area is 156 Å². The van der Waals surface area contributed by atoms with Gasteiger partial charge in [0.25, 0.3) is 0 Å². The van der Waals surface area contributed by atoms with Gasteiger partial charge < -0.3 is 9.64 Å². The van der Waals surface area contributed by atoms with Gasteiger partial charge in [-0.05, 0) is 37.1 Å². The summed E-state index contributed by atoms with van der Waals surface area (Å²) in [6.07, 6.45) is 2.68. The summed E-state index contributed by atoms with van der Waals surface area (Å²) in [5.41, 5.74) is 4.77. The van der Waals surface area contributed by atoms with E-state index in [0.717, 1.165) is 5.56 Å². The van der Waals surface area contributed by atoms with E-state index in [-0.39, 0.29) is 11.8 Å². The van der Waals surface area contributed by atoms with E-state index in [4.69, 9.17) is 10.6 Å². The van der Waals surface area contributed by atoms with Crippen molar-refractivity contribution in [2.45, 2.75) is 12.8 Å². The molecule has 0 aliphatic carbocycles. The number of pyridine rings is 1. The number of rotatable bonds is 4. The van der Waals surface area contributed by atoms with E-state index in [1.807, 2.05) is 6.07 Å². The number of nitrogens with zero attached hydrogens (tertiary/aromatic N) is 3. The molecule has 0 spiro atoms. The van der Waals surface area contributed by atoms with Crippen LogP contribution < -0.4 is 20.9 Å². The van der Waals surface area contributed by atoms with Crippen LogP contribution in [0.15, 0.2) is 30.5 Å². The van der Waals surface area contributed by atoms with E-state index in [1.165, 1.54) is 19.4 Å². The maximum absolute atomic E-state index is 13.2. The second-order valence-electron chi connectivity index (χ2n) is 6.29. The molecule has 1 saturated heterocycles. The van der Waals surface area contributed by atoms with Crippen LogP contribution in [0.1, 0.15) is 18.4 Å². The van der Waals surface area contributed by atoms with Crippen LogP contribution in [-0.2, 0) is 4.79 Å². The van der Waals surface area contributed by atoms with Crippen molar-refractivity contribution < 1.29 is 13.9 Å². The zero-order chi connectivity index (χ0) is 19.4. The van der Waals surface area contributed by atoms with Crippen LogP contribution >= 0.6 is 0 Å². The SMILES string of the molecule is COc1ccc(-c2ccc(F)nc2)c(N2CCC(C(=O)NN)CC2)c1C#N. The standard InChI is InChI=1S/C19H20FN5O2/c1-27-16-4-3-14(13-2-5-17(20)23-11-13)18(15(16)10-21)25-8-6-12(7-9-25)19(26)24-22/h2-5,11-12H,6-9,22H2,1H3,(H,24,26). The minimum absolute atomic E-state index is 0.154. The molecule has 1 aliphatic heterocycles. The minimum atomic E-state index is -0.567. The number of carbonyl (C=O) groups is 1. The van der Waals surface area contributed by atoms with Gasteiger partial charge in [-0.2, -0.15) is 9.65 Å². The largest absolute Gasteiger partial charge is 0.495 e. The average molecular weight is 369 g/mol. The first-order chi connectivity index (χ1) is 13.1. The fourth-order valence-corrected chi connectivity index (χ4v) is 3.43. The number of amides is 1. The molecular weight excluding hydrogens is 349 g/mol. The summed E-state index contributed by atoms with van der Waals surface area (Å²) in [5.74, 6) is 4.80.